The van der Waals surface area contributed by atoms with Gasteiger partial charge in [0.25, 0.3) is 0 Å². The van der Waals surface area contributed by atoms with E-state index >= 15 is 0 Å². The molecule has 0 unspecified atom stereocenters. The number of nitrogens with two attached hydrogens (primary N) is 1. The summed E-state index contributed by atoms with van der Waals surface area (Å²) >= 11 is 5.85. The van der Waals surface area contributed by atoms with Crippen LogP contribution in [0.3, 0.4) is 0 Å². The van der Waals surface area contributed by atoms with E-state index in [1.54, 1.807) is 0 Å². The molecule has 90 valence electrons. The highest BCUT2D eigenvalue weighted by Gasteiger charge is 2.20. The standard InChI is InChI=1S/C12H12ClFN2O/c1-6(2)10-11(16-17-12(10)15)8-5-7(13)3-4-9(8)14/h3-6H,15H2,1-2H3. The van der Waals surface area contributed by atoms with Crippen LogP contribution >= 0.6 is 11.6 Å². The van der Waals surface area contributed by atoms with E-state index in [9.17, 15) is 4.39 Å². The molecule has 2 aromatic rings. The molecule has 1 aromatic heterocycles. The number of hydrogen-bond acceptors (Lipinski definition) is 3. The fourth-order valence-corrected chi connectivity index (χ4v) is 1.91. The van der Waals surface area contributed by atoms with Crippen molar-refractivity contribution >= 4 is 17.5 Å². The van der Waals surface area contributed by atoms with E-state index in [0.717, 1.165) is 0 Å². The van der Waals surface area contributed by atoms with E-state index in [-0.39, 0.29) is 11.8 Å². The normalized spacial score (nSPS) is 11.1. The molecule has 0 spiro atoms. The Bertz CT molecular complexity index is 551. The Morgan fingerprint density at radius 3 is 2.76 bits per heavy atom. The quantitative estimate of drug-likeness (QED) is 0.886. The molecule has 0 radical (unpaired) electrons. The molecule has 0 aliphatic heterocycles. The summed E-state index contributed by atoms with van der Waals surface area (Å²) in [6.45, 7) is 3.88. The number of hydrogen-bond donors (Lipinski definition) is 1. The van der Waals surface area contributed by atoms with E-state index in [1.807, 2.05) is 13.8 Å². The van der Waals surface area contributed by atoms with Crippen LogP contribution in [0.2, 0.25) is 5.02 Å². The lowest BCUT2D eigenvalue weighted by molar-refractivity contribution is 0.437. The van der Waals surface area contributed by atoms with Crippen LogP contribution in [-0.4, -0.2) is 5.16 Å². The molecule has 0 bridgehead atoms. The minimum atomic E-state index is -0.399. The fourth-order valence-electron chi connectivity index (χ4n) is 1.74. The van der Waals surface area contributed by atoms with Gasteiger partial charge in [-0.1, -0.05) is 30.6 Å². The molecule has 17 heavy (non-hydrogen) atoms. The van der Waals surface area contributed by atoms with Gasteiger partial charge in [0.15, 0.2) is 0 Å². The molecule has 1 heterocycles. The Morgan fingerprint density at radius 1 is 1.41 bits per heavy atom. The Kier molecular flexibility index (Phi) is 3.07. The number of benzene rings is 1. The van der Waals surface area contributed by atoms with Crippen LogP contribution in [0.1, 0.15) is 25.3 Å². The number of anilines is 1. The molecular weight excluding hydrogens is 243 g/mol. The number of aromatic nitrogens is 1. The van der Waals surface area contributed by atoms with Crippen LogP contribution in [-0.2, 0) is 0 Å². The van der Waals surface area contributed by atoms with Gasteiger partial charge < -0.3 is 10.3 Å². The van der Waals surface area contributed by atoms with Gasteiger partial charge in [-0.25, -0.2) is 4.39 Å². The predicted molar refractivity (Wildman–Crippen MR) is 65.4 cm³/mol. The smallest absolute Gasteiger partial charge is 0.226 e. The first-order valence-electron chi connectivity index (χ1n) is 5.21. The number of rotatable bonds is 2. The summed E-state index contributed by atoms with van der Waals surface area (Å²) in [5.74, 6) is -0.0893. The van der Waals surface area contributed by atoms with Crippen molar-refractivity contribution in [3.63, 3.8) is 0 Å². The molecule has 0 aliphatic rings. The lowest BCUT2D eigenvalue weighted by Crippen LogP contribution is -1.96. The second-order valence-electron chi connectivity index (χ2n) is 4.09. The maximum Gasteiger partial charge on any atom is 0.226 e. The van der Waals surface area contributed by atoms with Gasteiger partial charge in [0.2, 0.25) is 5.88 Å². The lowest BCUT2D eigenvalue weighted by atomic mass is 9.98. The zero-order chi connectivity index (χ0) is 12.6. The molecule has 2 rings (SSSR count). The Hall–Kier alpha value is -1.55. The highest BCUT2D eigenvalue weighted by Crippen LogP contribution is 2.35. The van der Waals surface area contributed by atoms with Crippen molar-refractivity contribution in [2.24, 2.45) is 0 Å². The zero-order valence-corrected chi connectivity index (χ0v) is 10.3. The van der Waals surface area contributed by atoms with Crippen molar-refractivity contribution in [2.75, 3.05) is 5.73 Å². The third-order valence-corrected chi connectivity index (χ3v) is 2.75. The van der Waals surface area contributed by atoms with Crippen LogP contribution in [0, 0.1) is 5.82 Å². The van der Waals surface area contributed by atoms with Gasteiger partial charge in [-0.2, -0.15) is 0 Å². The Labute approximate surface area is 103 Å². The van der Waals surface area contributed by atoms with Crippen LogP contribution in [0.25, 0.3) is 11.3 Å². The summed E-state index contributed by atoms with van der Waals surface area (Å²) in [5.41, 5.74) is 7.10. The summed E-state index contributed by atoms with van der Waals surface area (Å²) < 4.78 is 18.7. The molecule has 0 saturated heterocycles. The number of nitrogens with zero attached hydrogens (tertiary/aromatic N) is 1. The molecule has 0 aliphatic carbocycles. The molecule has 1 aromatic carbocycles. The SMILES string of the molecule is CC(C)c1c(-c2cc(Cl)ccc2F)noc1N. The first-order valence-corrected chi connectivity index (χ1v) is 5.59. The molecule has 5 heteroatoms. The Balaban J connectivity index is 2.64. The number of halogens is 2. The van der Waals surface area contributed by atoms with Gasteiger partial charge in [-0.15, -0.1) is 0 Å². The molecule has 0 amide bonds. The van der Waals surface area contributed by atoms with Crippen molar-refractivity contribution in [1.29, 1.82) is 0 Å². The first kappa shape index (κ1) is 11.9. The summed E-state index contributed by atoms with van der Waals surface area (Å²) in [6.07, 6.45) is 0. The monoisotopic (exact) mass is 254 g/mol. The molecule has 0 atom stereocenters. The average molecular weight is 255 g/mol. The maximum absolute atomic E-state index is 13.7. The topological polar surface area (TPSA) is 52.0 Å². The van der Waals surface area contributed by atoms with Crippen LogP contribution in [0.15, 0.2) is 22.7 Å². The van der Waals surface area contributed by atoms with Crippen molar-refractivity contribution < 1.29 is 8.91 Å². The van der Waals surface area contributed by atoms with Gasteiger partial charge in [0.1, 0.15) is 11.5 Å². The largest absolute Gasteiger partial charge is 0.367 e. The van der Waals surface area contributed by atoms with Gasteiger partial charge in [-0.3, -0.25) is 0 Å². The highest BCUT2D eigenvalue weighted by molar-refractivity contribution is 6.30. The second-order valence-corrected chi connectivity index (χ2v) is 4.52. The van der Waals surface area contributed by atoms with Crippen molar-refractivity contribution in [3.8, 4) is 11.3 Å². The average Bonchev–Trinajstić information content (AvgIpc) is 2.64. The Morgan fingerprint density at radius 2 is 2.12 bits per heavy atom. The van der Waals surface area contributed by atoms with E-state index < -0.39 is 5.82 Å². The summed E-state index contributed by atoms with van der Waals surface area (Å²) in [6, 6.07) is 4.30. The summed E-state index contributed by atoms with van der Waals surface area (Å²) in [7, 11) is 0. The van der Waals surface area contributed by atoms with Gasteiger partial charge in [-0.05, 0) is 24.1 Å². The lowest BCUT2D eigenvalue weighted by Gasteiger charge is -2.06. The van der Waals surface area contributed by atoms with Crippen LogP contribution in [0.4, 0.5) is 10.3 Å². The van der Waals surface area contributed by atoms with Crippen LogP contribution in [0.5, 0.6) is 0 Å². The molecule has 0 fully saturated rings. The van der Waals surface area contributed by atoms with Gasteiger partial charge in [0.05, 0.1) is 0 Å². The summed E-state index contributed by atoms with van der Waals surface area (Å²) in [5, 5.41) is 4.25. The minimum absolute atomic E-state index is 0.0923. The third kappa shape index (κ3) is 2.13. The third-order valence-electron chi connectivity index (χ3n) is 2.52. The zero-order valence-electron chi connectivity index (χ0n) is 9.50. The number of nitrogen functional groups attached to an aromatic ring is 1. The van der Waals surface area contributed by atoms with Crippen molar-refractivity contribution in [2.45, 2.75) is 19.8 Å². The summed E-state index contributed by atoms with van der Waals surface area (Å²) in [4.78, 5) is 0. The maximum atomic E-state index is 13.7. The second kappa shape index (κ2) is 4.37. The van der Waals surface area contributed by atoms with Gasteiger partial charge >= 0.3 is 0 Å². The van der Waals surface area contributed by atoms with E-state index in [4.69, 9.17) is 21.9 Å². The highest BCUT2D eigenvalue weighted by atomic mass is 35.5. The van der Waals surface area contributed by atoms with Crippen molar-refractivity contribution in [3.05, 3.63) is 34.6 Å². The first-order chi connectivity index (χ1) is 8.00. The minimum Gasteiger partial charge on any atom is -0.367 e. The van der Waals surface area contributed by atoms with E-state index in [2.05, 4.69) is 5.16 Å². The fraction of sp³-hybridized carbons (Fsp3) is 0.250. The van der Waals surface area contributed by atoms with E-state index in [1.165, 1.54) is 18.2 Å². The molecule has 0 saturated carbocycles. The van der Waals surface area contributed by atoms with Crippen molar-refractivity contribution in [1.82, 2.24) is 5.16 Å². The van der Waals surface area contributed by atoms with Crippen LogP contribution < -0.4 is 5.73 Å². The predicted octanol–water partition coefficient (Wildman–Crippen LogP) is 3.84. The van der Waals surface area contributed by atoms with Gasteiger partial charge in [0, 0.05) is 16.1 Å². The molecule has 3 nitrogen and oxygen atoms in total. The molecular formula is C12H12ClFN2O. The van der Waals surface area contributed by atoms with E-state index in [0.29, 0.717) is 21.8 Å². The molecule has 2 N–H and O–H groups in total.